The van der Waals surface area contributed by atoms with Crippen LogP contribution in [0.3, 0.4) is 0 Å². The molecular formula is C9H12N2O. The maximum Gasteiger partial charge on any atom is 0.138 e. The monoisotopic (exact) mass is 164 g/mol. The van der Waals surface area contributed by atoms with E-state index in [4.69, 9.17) is 10.9 Å². The molecule has 1 rings (SSSR count). The summed E-state index contributed by atoms with van der Waals surface area (Å²) in [6, 6.07) is 0. The van der Waals surface area contributed by atoms with Gasteiger partial charge in [-0.3, -0.25) is 4.90 Å². The Morgan fingerprint density at radius 2 is 2.50 bits per heavy atom. The van der Waals surface area contributed by atoms with E-state index in [1.54, 1.807) is 6.20 Å². The van der Waals surface area contributed by atoms with E-state index in [-0.39, 0.29) is 0 Å². The van der Waals surface area contributed by atoms with E-state index in [9.17, 15) is 0 Å². The van der Waals surface area contributed by atoms with Gasteiger partial charge in [-0.05, 0) is 14.0 Å². The summed E-state index contributed by atoms with van der Waals surface area (Å²) in [5, 5.41) is 3.68. The summed E-state index contributed by atoms with van der Waals surface area (Å²) in [6.07, 6.45) is 6.89. The lowest BCUT2D eigenvalue weighted by atomic mass is 10.2. The van der Waals surface area contributed by atoms with Crippen molar-refractivity contribution >= 4 is 0 Å². The van der Waals surface area contributed by atoms with Gasteiger partial charge in [0.1, 0.15) is 5.76 Å². The number of aromatic nitrogens is 1. The van der Waals surface area contributed by atoms with E-state index in [1.165, 1.54) is 0 Å². The van der Waals surface area contributed by atoms with Crippen LogP contribution >= 0.6 is 0 Å². The third-order valence-corrected chi connectivity index (χ3v) is 1.65. The number of nitrogens with zero attached hydrogens (tertiary/aromatic N) is 2. The Morgan fingerprint density at radius 3 is 3.00 bits per heavy atom. The molecule has 1 aromatic heterocycles. The Hall–Kier alpha value is -1.27. The summed E-state index contributed by atoms with van der Waals surface area (Å²) in [4.78, 5) is 2.03. The normalized spacial score (nSPS) is 10.2. The Bertz CT molecular complexity index is 285. The van der Waals surface area contributed by atoms with Gasteiger partial charge in [0.2, 0.25) is 0 Å². The molecule has 0 atom stereocenters. The fraction of sp³-hybridized carbons (Fsp3) is 0.444. The maximum atomic E-state index is 5.17. The molecule has 12 heavy (non-hydrogen) atoms. The third-order valence-electron chi connectivity index (χ3n) is 1.65. The quantitative estimate of drug-likeness (QED) is 0.625. The number of aryl methyl sites for hydroxylation is 1. The first-order valence-electron chi connectivity index (χ1n) is 3.76. The molecule has 0 saturated heterocycles. The van der Waals surface area contributed by atoms with E-state index < -0.39 is 0 Å². The van der Waals surface area contributed by atoms with Crippen molar-refractivity contribution in [1.82, 2.24) is 10.1 Å². The van der Waals surface area contributed by atoms with Crippen LogP contribution in [0.1, 0.15) is 11.3 Å². The van der Waals surface area contributed by atoms with Crippen molar-refractivity contribution in [1.29, 1.82) is 0 Å². The molecule has 0 radical (unpaired) electrons. The lowest BCUT2D eigenvalue weighted by Gasteiger charge is -2.10. The second kappa shape index (κ2) is 3.93. The second-order valence-corrected chi connectivity index (χ2v) is 2.78. The molecule has 1 heterocycles. The minimum absolute atomic E-state index is 0.643. The maximum absolute atomic E-state index is 5.17. The minimum atomic E-state index is 0.643. The average molecular weight is 164 g/mol. The highest BCUT2D eigenvalue weighted by Gasteiger charge is 2.04. The number of hydrogen-bond donors (Lipinski definition) is 0. The van der Waals surface area contributed by atoms with Crippen LogP contribution in [-0.2, 0) is 6.54 Å². The summed E-state index contributed by atoms with van der Waals surface area (Å²) in [7, 11) is 1.96. The van der Waals surface area contributed by atoms with Crippen molar-refractivity contribution in [3.63, 3.8) is 0 Å². The van der Waals surface area contributed by atoms with Crippen LogP contribution in [-0.4, -0.2) is 23.6 Å². The van der Waals surface area contributed by atoms with Gasteiger partial charge in [0.15, 0.2) is 0 Å². The van der Waals surface area contributed by atoms with Crippen LogP contribution in [0.15, 0.2) is 10.7 Å². The molecule has 0 fully saturated rings. The van der Waals surface area contributed by atoms with Crippen molar-refractivity contribution in [3.05, 3.63) is 17.5 Å². The summed E-state index contributed by atoms with van der Waals surface area (Å²) in [5.41, 5.74) is 1.09. The van der Waals surface area contributed by atoms with Crippen LogP contribution in [0, 0.1) is 19.3 Å². The molecule has 0 saturated carbocycles. The molecule has 0 spiro atoms. The molecule has 0 aliphatic heterocycles. The molecule has 0 aromatic carbocycles. The zero-order valence-corrected chi connectivity index (χ0v) is 7.37. The van der Waals surface area contributed by atoms with Gasteiger partial charge in [0.25, 0.3) is 0 Å². The standard InChI is InChI=1S/C9H12N2O/c1-4-5-11(3)7-9-6-10-12-8(9)2/h1,6H,5,7H2,2-3H3. The predicted molar refractivity (Wildman–Crippen MR) is 46.4 cm³/mol. The minimum Gasteiger partial charge on any atom is -0.361 e. The fourth-order valence-electron chi connectivity index (χ4n) is 0.973. The van der Waals surface area contributed by atoms with E-state index >= 15 is 0 Å². The molecule has 1 aromatic rings. The van der Waals surface area contributed by atoms with E-state index in [2.05, 4.69) is 11.1 Å². The molecule has 0 aliphatic carbocycles. The van der Waals surface area contributed by atoms with E-state index in [0.717, 1.165) is 17.9 Å². The Morgan fingerprint density at radius 1 is 1.75 bits per heavy atom. The SMILES string of the molecule is C#CCN(C)Cc1cnoc1C. The Balaban J connectivity index is 2.53. The second-order valence-electron chi connectivity index (χ2n) is 2.78. The first-order valence-corrected chi connectivity index (χ1v) is 3.76. The predicted octanol–water partition coefficient (Wildman–Crippen LogP) is 1.05. The van der Waals surface area contributed by atoms with Gasteiger partial charge >= 0.3 is 0 Å². The van der Waals surface area contributed by atoms with Gasteiger partial charge in [0.05, 0.1) is 12.7 Å². The summed E-state index contributed by atoms with van der Waals surface area (Å²) < 4.78 is 4.92. The highest BCUT2D eigenvalue weighted by molar-refractivity contribution is 5.11. The van der Waals surface area contributed by atoms with Crippen molar-refractivity contribution in [3.8, 4) is 12.3 Å². The van der Waals surface area contributed by atoms with Crippen LogP contribution in [0.2, 0.25) is 0 Å². The largest absolute Gasteiger partial charge is 0.361 e. The number of hydrogen-bond acceptors (Lipinski definition) is 3. The smallest absolute Gasteiger partial charge is 0.138 e. The van der Waals surface area contributed by atoms with Crippen LogP contribution in [0.5, 0.6) is 0 Å². The molecule has 64 valence electrons. The van der Waals surface area contributed by atoms with Gasteiger partial charge in [-0.1, -0.05) is 11.1 Å². The van der Waals surface area contributed by atoms with Gasteiger partial charge in [-0.15, -0.1) is 6.42 Å². The summed E-state index contributed by atoms with van der Waals surface area (Å²) >= 11 is 0. The first kappa shape index (κ1) is 8.82. The van der Waals surface area contributed by atoms with Crippen LogP contribution in [0.4, 0.5) is 0 Å². The van der Waals surface area contributed by atoms with Gasteiger partial charge in [-0.2, -0.15) is 0 Å². The van der Waals surface area contributed by atoms with Gasteiger partial charge in [0, 0.05) is 12.1 Å². The first-order chi connectivity index (χ1) is 5.74. The summed E-state index contributed by atoms with van der Waals surface area (Å²) in [6.45, 7) is 3.33. The Labute approximate surface area is 72.3 Å². The molecular weight excluding hydrogens is 152 g/mol. The zero-order valence-electron chi connectivity index (χ0n) is 7.37. The van der Waals surface area contributed by atoms with E-state index in [1.807, 2.05) is 18.9 Å². The van der Waals surface area contributed by atoms with Crippen molar-refractivity contribution in [2.75, 3.05) is 13.6 Å². The highest BCUT2D eigenvalue weighted by Crippen LogP contribution is 2.07. The Kier molecular flexibility index (Phi) is 2.89. The van der Waals surface area contributed by atoms with Crippen molar-refractivity contribution in [2.24, 2.45) is 0 Å². The fourth-order valence-corrected chi connectivity index (χ4v) is 0.973. The summed E-state index contributed by atoms with van der Waals surface area (Å²) in [5.74, 6) is 3.43. The average Bonchev–Trinajstić information content (AvgIpc) is 2.37. The van der Waals surface area contributed by atoms with Crippen LogP contribution < -0.4 is 0 Å². The van der Waals surface area contributed by atoms with Crippen LogP contribution in [0.25, 0.3) is 0 Å². The highest BCUT2D eigenvalue weighted by atomic mass is 16.5. The number of rotatable bonds is 3. The van der Waals surface area contributed by atoms with E-state index in [0.29, 0.717) is 6.54 Å². The molecule has 3 heteroatoms. The molecule has 0 unspecified atom stereocenters. The van der Waals surface area contributed by atoms with Gasteiger partial charge in [-0.25, -0.2) is 0 Å². The van der Waals surface area contributed by atoms with Crippen molar-refractivity contribution < 1.29 is 4.52 Å². The topological polar surface area (TPSA) is 29.3 Å². The zero-order chi connectivity index (χ0) is 8.97. The lowest BCUT2D eigenvalue weighted by molar-refractivity contribution is 0.359. The molecule has 0 amide bonds. The third kappa shape index (κ3) is 2.11. The molecule has 3 nitrogen and oxygen atoms in total. The molecule has 0 bridgehead atoms. The molecule has 0 N–H and O–H groups in total. The number of terminal acetylenes is 1. The molecule has 0 aliphatic rings. The lowest BCUT2D eigenvalue weighted by Crippen LogP contribution is -2.17. The van der Waals surface area contributed by atoms with Gasteiger partial charge < -0.3 is 4.52 Å². The van der Waals surface area contributed by atoms with Crippen molar-refractivity contribution in [2.45, 2.75) is 13.5 Å².